The van der Waals surface area contributed by atoms with Crippen LogP contribution in [-0.4, -0.2) is 49.8 Å². The fraction of sp³-hybridized carbons (Fsp3) is 0.632. The maximum atomic E-state index is 11.5. The molecule has 0 heterocycles. The first-order valence-electron chi connectivity index (χ1n) is 8.77. The number of nitrogens with zero attached hydrogens (tertiary/aromatic N) is 1. The van der Waals surface area contributed by atoms with Gasteiger partial charge in [-0.1, -0.05) is 30.3 Å². The fourth-order valence-corrected chi connectivity index (χ4v) is 2.29. The number of amides is 1. The van der Waals surface area contributed by atoms with Gasteiger partial charge in [-0.15, -0.1) is 0 Å². The standard InChI is InChI=1S/C19H33N3O2/c1-19(2,3)24-18(23)21-14-8-12-20-13-9-15-22(4)16-17-10-6-5-7-11-17/h5-7,10-11,20H,8-9,12-16H2,1-4H3,(H,21,23). The van der Waals surface area contributed by atoms with Crippen molar-refractivity contribution in [3.63, 3.8) is 0 Å². The second-order valence-electron chi connectivity index (χ2n) is 7.11. The third-order valence-electron chi connectivity index (χ3n) is 3.39. The highest BCUT2D eigenvalue weighted by Crippen LogP contribution is 2.06. The summed E-state index contributed by atoms with van der Waals surface area (Å²) in [5, 5.41) is 6.17. The lowest BCUT2D eigenvalue weighted by molar-refractivity contribution is 0.0527. The first-order valence-corrected chi connectivity index (χ1v) is 8.77. The quantitative estimate of drug-likeness (QED) is 0.646. The van der Waals surface area contributed by atoms with Crippen LogP contribution in [0.2, 0.25) is 0 Å². The Morgan fingerprint density at radius 2 is 1.75 bits per heavy atom. The van der Waals surface area contributed by atoms with Crippen molar-refractivity contribution in [3.05, 3.63) is 35.9 Å². The van der Waals surface area contributed by atoms with Gasteiger partial charge in [0.05, 0.1) is 0 Å². The molecule has 1 aromatic carbocycles. The van der Waals surface area contributed by atoms with Crippen molar-refractivity contribution in [3.8, 4) is 0 Å². The molecule has 0 atom stereocenters. The summed E-state index contributed by atoms with van der Waals surface area (Å²) in [6.45, 7) is 10.2. The second-order valence-corrected chi connectivity index (χ2v) is 7.11. The number of rotatable bonds is 10. The number of carbonyl (C=O) groups is 1. The number of ether oxygens (including phenoxy) is 1. The molecule has 0 aliphatic rings. The molecule has 0 saturated heterocycles. The number of nitrogens with one attached hydrogen (secondary N) is 2. The monoisotopic (exact) mass is 335 g/mol. The molecule has 1 rings (SSSR count). The highest BCUT2D eigenvalue weighted by atomic mass is 16.6. The van der Waals surface area contributed by atoms with Gasteiger partial charge < -0.3 is 20.3 Å². The molecule has 5 heteroatoms. The van der Waals surface area contributed by atoms with Gasteiger partial charge in [-0.05, 0) is 65.9 Å². The van der Waals surface area contributed by atoms with Crippen LogP contribution in [-0.2, 0) is 11.3 Å². The lowest BCUT2D eigenvalue weighted by Crippen LogP contribution is -2.34. The van der Waals surface area contributed by atoms with Crippen molar-refractivity contribution < 1.29 is 9.53 Å². The second kappa shape index (κ2) is 11.0. The molecule has 136 valence electrons. The van der Waals surface area contributed by atoms with Crippen molar-refractivity contribution in [2.75, 3.05) is 33.2 Å². The molecule has 0 spiro atoms. The predicted molar refractivity (Wildman–Crippen MR) is 99.1 cm³/mol. The molecular formula is C19H33N3O2. The van der Waals surface area contributed by atoms with Crippen LogP contribution in [0.4, 0.5) is 4.79 Å². The van der Waals surface area contributed by atoms with Crippen molar-refractivity contribution in [1.82, 2.24) is 15.5 Å². The fourth-order valence-electron chi connectivity index (χ4n) is 2.29. The van der Waals surface area contributed by atoms with Gasteiger partial charge in [-0.25, -0.2) is 4.79 Å². The van der Waals surface area contributed by atoms with E-state index in [-0.39, 0.29) is 6.09 Å². The summed E-state index contributed by atoms with van der Waals surface area (Å²) in [4.78, 5) is 13.8. The molecule has 2 N–H and O–H groups in total. The molecule has 5 nitrogen and oxygen atoms in total. The van der Waals surface area contributed by atoms with E-state index in [2.05, 4.69) is 46.8 Å². The topological polar surface area (TPSA) is 53.6 Å². The third kappa shape index (κ3) is 11.0. The van der Waals surface area contributed by atoms with Crippen LogP contribution in [0.25, 0.3) is 0 Å². The van der Waals surface area contributed by atoms with E-state index in [4.69, 9.17) is 4.74 Å². The van der Waals surface area contributed by atoms with Crippen LogP contribution in [0.3, 0.4) is 0 Å². The van der Waals surface area contributed by atoms with Gasteiger partial charge in [0, 0.05) is 13.1 Å². The van der Waals surface area contributed by atoms with Gasteiger partial charge in [-0.2, -0.15) is 0 Å². The van der Waals surface area contributed by atoms with Gasteiger partial charge >= 0.3 is 6.09 Å². The number of hydrogen-bond donors (Lipinski definition) is 2. The molecule has 1 aromatic rings. The summed E-state index contributed by atoms with van der Waals surface area (Å²) >= 11 is 0. The van der Waals surface area contributed by atoms with Gasteiger partial charge in [-0.3, -0.25) is 0 Å². The third-order valence-corrected chi connectivity index (χ3v) is 3.39. The van der Waals surface area contributed by atoms with Gasteiger partial charge in [0.15, 0.2) is 0 Å². The smallest absolute Gasteiger partial charge is 0.407 e. The van der Waals surface area contributed by atoms with E-state index in [1.165, 1.54) is 5.56 Å². The van der Waals surface area contributed by atoms with E-state index in [1.807, 2.05) is 26.8 Å². The van der Waals surface area contributed by atoms with Crippen LogP contribution >= 0.6 is 0 Å². The molecule has 0 fully saturated rings. The van der Waals surface area contributed by atoms with Crippen LogP contribution < -0.4 is 10.6 Å². The van der Waals surface area contributed by atoms with E-state index in [0.717, 1.165) is 39.0 Å². The summed E-state index contributed by atoms with van der Waals surface area (Å²) in [6, 6.07) is 10.5. The first kappa shape index (κ1) is 20.5. The lowest BCUT2D eigenvalue weighted by Gasteiger charge is -2.19. The Morgan fingerprint density at radius 1 is 1.08 bits per heavy atom. The SMILES string of the molecule is CN(CCCNCCCNC(=O)OC(C)(C)C)Cc1ccccc1. The molecule has 0 aliphatic carbocycles. The Labute approximate surface area is 146 Å². The largest absolute Gasteiger partial charge is 0.444 e. The Hall–Kier alpha value is -1.59. The lowest BCUT2D eigenvalue weighted by atomic mass is 10.2. The zero-order valence-electron chi connectivity index (χ0n) is 15.6. The zero-order valence-corrected chi connectivity index (χ0v) is 15.6. The molecule has 0 radical (unpaired) electrons. The summed E-state index contributed by atoms with van der Waals surface area (Å²) in [5.74, 6) is 0. The average molecular weight is 335 g/mol. The Kier molecular flexibility index (Phi) is 9.42. The maximum Gasteiger partial charge on any atom is 0.407 e. The van der Waals surface area contributed by atoms with Gasteiger partial charge in [0.25, 0.3) is 0 Å². The van der Waals surface area contributed by atoms with Crippen molar-refractivity contribution >= 4 is 6.09 Å². The Morgan fingerprint density at radius 3 is 2.42 bits per heavy atom. The number of carbonyl (C=O) groups excluding carboxylic acids is 1. The molecule has 0 aliphatic heterocycles. The molecule has 24 heavy (non-hydrogen) atoms. The van der Waals surface area contributed by atoms with Gasteiger partial charge in [0.1, 0.15) is 5.60 Å². The van der Waals surface area contributed by atoms with E-state index >= 15 is 0 Å². The molecule has 0 aromatic heterocycles. The number of benzene rings is 1. The molecule has 0 unspecified atom stereocenters. The van der Waals surface area contributed by atoms with Crippen LogP contribution in [0.1, 0.15) is 39.2 Å². The number of alkyl carbamates (subject to hydrolysis) is 1. The van der Waals surface area contributed by atoms with E-state index < -0.39 is 5.60 Å². The van der Waals surface area contributed by atoms with Crippen LogP contribution in [0.15, 0.2) is 30.3 Å². The van der Waals surface area contributed by atoms with Crippen LogP contribution in [0, 0.1) is 0 Å². The molecule has 0 bridgehead atoms. The van der Waals surface area contributed by atoms with E-state index in [0.29, 0.717) is 6.54 Å². The van der Waals surface area contributed by atoms with Gasteiger partial charge in [0.2, 0.25) is 0 Å². The van der Waals surface area contributed by atoms with E-state index in [9.17, 15) is 4.79 Å². The minimum atomic E-state index is -0.436. The van der Waals surface area contributed by atoms with Crippen molar-refractivity contribution in [2.24, 2.45) is 0 Å². The predicted octanol–water partition coefficient (Wildman–Crippen LogP) is 3.01. The minimum Gasteiger partial charge on any atom is -0.444 e. The number of hydrogen-bond acceptors (Lipinski definition) is 4. The van der Waals surface area contributed by atoms with Crippen LogP contribution in [0.5, 0.6) is 0 Å². The highest BCUT2D eigenvalue weighted by molar-refractivity contribution is 5.67. The summed E-state index contributed by atoms with van der Waals surface area (Å²) in [6.07, 6.45) is 1.67. The summed E-state index contributed by atoms with van der Waals surface area (Å²) in [5.41, 5.74) is 0.912. The highest BCUT2D eigenvalue weighted by Gasteiger charge is 2.15. The van der Waals surface area contributed by atoms with Crippen molar-refractivity contribution in [1.29, 1.82) is 0 Å². The summed E-state index contributed by atoms with van der Waals surface area (Å²) < 4.78 is 5.18. The Bertz CT molecular complexity index is 457. The van der Waals surface area contributed by atoms with E-state index in [1.54, 1.807) is 0 Å². The molecule has 1 amide bonds. The maximum absolute atomic E-state index is 11.5. The van der Waals surface area contributed by atoms with Crippen molar-refractivity contribution in [2.45, 2.75) is 45.8 Å². The molecular weight excluding hydrogens is 302 g/mol. The average Bonchev–Trinajstić information content (AvgIpc) is 2.49. The summed E-state index contributed by atoms with van der Waals surface area (Å²) in [7, 11) is 2.15. The first-order chi connectivity index (χ1) is 11.4. The molecule has 0 saturated carbocycles. The zero-order chi connectivity index (χ0) is 17.8. The Balaban J connectivity index is 1.94. The minimum absolute atomic E-state index is 0.343. The normalized spacial score (nSPS) is 11.5.